The minimum Gasteiger partial charge on any atom is -0.368 e. The van der Waals surface area contributed by atoms with Crippen LogP contribution in [-0.4, -0.2) is 23.8 Å². The number of carbonyl (C=O) groups is 2. The smallest absolute Gasteiger partial charge is 0.248 e. The van der Waals surface area contributed by atoms with Crippen molar-refractivity contribution in [3.05, 3.63) is 0 Å². The lowest BCUT2D eigenvalue weighted by atomic mass is 10.0. The van der Waals surface area contributed by atoms with Crippen LogP contribution < -0.4 is 11.1 Å². The van der Waals surface area contributed by atoms with Gasteiger partial charge in [-0.3, -0.25) is 9.59 Å². The Labute approximate surface area is 98.9 Å². The minimum absolute atomic E-state index is 0.154. The number of hydrogen-bond donors (Lipinski definition) is 2. The van der Waals surface area contributed by atoms with Gasteiger partial charge in [0, 0.05) is 18.8 Å². The molecule has 2 unspecified atom stereocenters. The first-order valence-corrected chi connectivity index (χ1v) is 5.70. The highest BCUT2D eigenvalue weighted by atomic mass is 19.3. The molecule has 6 heteroatoms. The number of amides is 2. The Morgan fingerprint density at radius 3 is 2.35 bits per heavy atom. The molecule has 1 saturated carbocycles. The van der Waals surface area contributed by atoms with Gasteiger partial charge in [-0.05, 0) is 12.3 Å². The Bertz CT molecular complexity index is 319. The number of nitrogens with one attached hydrogen (secondary N) is 1. The van der Waals surface area contributed by atoms with Crippen molar-refractivity contribution in [2.75, 3.05) is 0 Å². The zero-order valence-electron chi connectivity index (χ0n) is 10.0. The number of primary amides is 1. The van der Waals surface area contributed by atoms with Gasteiger partial charge >= 0.3 is 0 Å². The summed E-state index contributed by atoms with van der Waals surface area (Å²) in [6.07, 6.45) is -0.557. The van der Waals surface area contributed by atoms with E-state index >= 15 is 0 Å². The van der Waals surface area contributed by atoms with E-state index < -0.39 is 36.1 Å². The van der Waals surface area contributed by atoms with Gasteiger partial charge in [-0.2, -0.15) is 0 Å². The van der Waals surface area contributed by atoms with Crippen molar-refractivity contribution < 1.29 is 18.4 Å². The second kappa shape index (κ2) is 4.98. The number of rotatable bonds is 4. The quantitative estimate of drug-likeness (QED) is 0.780. The Balaban J connectivity index is 2.57. The normalized spacial score (nSPS) is 24.6. The van der Waals surface area contributed by atoms with Crippen LogP contribution in [0.1, 0.15) is 33.1 Å². The van der Waals surface area contributed by atoms with Crippen molar-refractivity contribution in [2.24, 2.45) is 17.6 Å². The SMILES string of the molecule is CC(C)C(NC(=O)C1CCC(F)(F)C1)C(N)=O. The summed E-state index contributed by atoms with van der Waals surface area (Å²) in [5.74, 6) is -4.77. The molecule has 1 rings (SSSR count). The molecule has 0 bridgehead atoms. The molecule has 0 aromatic rings. The summed E-state index contributed by atoms with van der Waals surface area (Å²) in [5.41, 5.74) is 5.14. The lowest BCUT2D eigenvalue weighted by Crippen LogP contribution is -2.49. The summed E-state index contributed by atoms with van der Waals surface area (Å²) in [7, 11) is 0. The first-order chi connectivity index (χ1) is 7.73. The van der Waals surface area contributed by atoms with E-state index in [0.29, 0.717) is 0 Å². The molecule has 0 radical (unpaired) electrons. The second-order valence-corrected chi connectivity index (χ2v) is 4.93. The van der Waals surface area contributed by atoms with Gasteiger partial charge in [0.05, 0.1) is 0 Å². The molecule has 0 aromatic heterocycles. The third-order valence-electron chi connectivity index (χ3n) is 3.05. The molecule has 0 spiro atoms. The van der Waals surface area contributed by atoms with Gasteiger partial charge in [0.1, 0.15) is 6.04 Å². The van der Waals surface area contributed by atoms with Crippen LogP contribution in [0, 0.1) is 11.8 Å². The van der Waals surface area contributed by atoms with Crippen LogP contribution in [0.4, 0.5) is 8.78 Å². The number of halogens is 2. The fourth-order valence-electron chi connectivity index (χ4n) is 2.01. The van der Waals surface area contributed by atoms with Crippen molar-refractivity contribution in [1.29, 1.82) is 0 Å². The van der Waals surface area contributed by atoms with E-state index in [-0.39, 0.29) is 18.8 Å². The van der Waals surface area contributed by atoms with E-state index in [4.69, 9.17) is 5.73 Å². The highest BCUT2D eigenvalue weighted by Gasteiger charge is 2.43. The third kappa shape index (κ3) is 3.64. The Kier molecular flexibility index (Phi) is 4.06. The summed E-state index contributed by atoms with van der Waals surface area (Å²) >= 11 is 0. The Morgan fingerprint density at radius 2 is 2.00 bits per heavy atom. The summed E-state index contributed by atoms with van der Waals surface area (Å²) in [4.78, 5) is 22.8. The molecular formula is C11H18F2N2O2. The summed E-state index contributed by atoms with van der Waals surface area (Å²) < 4.78 is 25.9. The van der Waals surface area contributed by atoms with Crippen LogP contribution >= 0.6 is 0 Å². The largest absolute Gasteiger partial charge is 0.368 e. The maximum atomic E-state index is 12.9. The minimum atomic E-state index is -2.76. The van der Waals surface area contributed by atoms with Crippen molar-refractivity contribution >= 4 is 11.8 Å². The summed E-state index contributed by atoms with van der Waals surface area (Å²) in [6.45, 7) is 3.47. The molecular weight excluding hydrogens is 230 g/mol. The lowest BCUT2D eigenvalue weighted by molar-refractivity contribution is -0.131. The van der Waals surface area contributed by atoms with E-state index in [2.05, 4.69) is 5.32 Å². The van der Waals surface area contributed by atoms with Crippen LogP contribution in [0.3, 0.4) is 0 Å². The summed E-state index contributed by atoms with van der Waals surface area (Å²) in [5, 5.41) is 2.45. The van der Waals surface area contributed by atoms with E-state index in [1.54, 1.807) is 13.8 Å². The summed E-state index contributed by atoms with van der Waals surface area (Å²) in [6, 6.07) is -0.795. The van der Waals surface area contributed by atoms with E-state index in [0.717, 1.165) is 0 Å². The topological polar surface area (TPSA) is 72.2 Å². The second-order valence-electron chi connectivity index (χ2n) is 4.93. The van der Waals surface area contributed by atoms with Crippen molar-refractivity contribution in [3.63, 3.8) is 0 Å². The highest BCUT2D eigenvalue weighted by Crippen LogP contribution is 2.38. The highest BCUT2D eigenvalue weighted by molar-refractivity contribution is 5.87. The molecule has 1 fully saturated rings. The Morgan fingerprint density at radius 1 is 1.41 bits per heavy atom. The predicted octanol–water partition coefficient (Wildman–Crippen LogP) is 1.05. The lowest BCUT2D eigenvalue weighted by Gasteiger charge is -2.21. The van der Waals surface area contributed by atoms with E-state index in [1.165, 1.54) is 0 Å². The molecule has 2 atom stereocenters. The van der Waals surface area contributed by atoms with Crippen LogP contribution in [-0.2, 0) is 9.59 Å². The molecule has 0 aromatic carbocycles. The predicted molar refractivity (Wildman–Crippen MR) is 58.3 cm³/mol. The van der Waals surface area contributed by atoms with Gasteiger partial charge in [-0.25, -0.2) is 8.78 Å². The van der Waals surface area contributed by atoms with Crippen molar-refractivity contribution in [3.8, 4) is 0 Å². The average Bonchev–Trinajstić information content (AvgIpc) is 2.53. The monoisotopic (exact) mass is 248 g/mol. The van der Waals surface area contributed by atoms with Crippen molar-refractivity contribution in [1.82, 2.24) is 5.32 Å². The molecule has 4 nitrogen and oxygen atoms in total. The molecule has 3 N–H and O–H groups in total. The third-order valence-corrected chi connectivity index (χ3v) is 3.05. The zero-order chi connectivity index (χ0) is 13.2. The van der Waals surface area contributed by atoms with E-state index in [1.807, 2.05) is 0 Å². The van der Waals surface area contributed by atoms with E-state index in [9.17, 15) is 18.4 Å². The van der Waals surface area contributed by atoms with Gasteiger partial charge in [0.2, 0.25) is 17.7 Å². The number of nitrogens with two attached hydrogens (primary N) is 1. The van der Waals surface area contributed by atoms with Crippen molar-refractivity contribution in [2.45, 2.75) is 45.1 Å². The molecule has 2 amide bonds. The standard InChI is InChI=1S/C11H18F2N2O2/c1-6(2)8(9(14)16)15-10(17)7-3-4-11(12,13)5-7/h6-8H,3-5H2,1-2H3,(H2,14,16)(H,15,17). The molecule has 0 saturated heterocycles. The van der Waals surface area contributed by atoms with Crippen LogP contribution in [0.25, 0.3) is 0 Å². The van der Waals surface area contributed by atoms with Gasteiger partial charge in [-0.1, -0.05) is 13.8 Å². The fraction of sp³-hybridized carbons (Fsp3) is 0.818. The molecule has 1 aliphatic carbocycles. The molecule has 98 valence electrons. The maximum Gasteiger partial charge on any atom is 0.248 e. The van der Waals surface area contributed by atoms with Crippen LogP contribution in [0.15, 0.2) is 0 Å². The zero-order valence-corrected chi connectivity index (χ0v) is 10.0. The number of carbonyl (C=O) groups excluding carboxylic acids is 2. The first-order valence-electron chi connectivity index (χ1n) is 5.70. The average molecular weight is 248 g/mol. The molecule has 17 heavy (non-hydrogen) atoms. The Hall–Kier alpha value is -1.20. The molecule has 0 aliphatic heterocycles. The molecule has 1 aliphatic rings. The van der Waals surface area contributed by atoms with Crippen LogP contribution in [0.5, 0.6) is 0 Å². The fourth-order valence-corrected chi connectivity index (χ4v) is 2.01. The van der Waals surface area contributed by atoms with Gasteiger partial charge in [0.25, 0.3) is 0 Å². The van der Waals surface area contributed by atoms with Crippen LogP contribution in [0.2, 0.25) is 0 Å². The van der Waals surface area contributed by atoms with Gasteiger partial charge in [-0.15, -0.1) is 0 Å². The number of hydrogen-bond acceptors (Lipinski definition) is 2. The molecule has 0 heterocycles. The van der Waals surface area contributed by atoms with Gasteiger partial charge < -0.3 is 11.1 Å². The number of alkyl halides is 2. The van der Waals surface area contributed by atoms with Gasteiger partial charge in [0.15, 0.2) is 0 Å². The maximum absolute atomic E-state index is 12.9. The first kappa shape index (κ1) is 13.9.